The van der Waals surface area contributed by atoms with Crippen molar-refractivity contribution >= 4 is 39.5 Å². The summed E-state index contributed by atoms with van der Waals surface area (Å²) in [7, 11) is 0. The number of halogens is 1. The van der Waals surface area contributed by atoms with Crippen molar-refractivity contribution in [1.29, 1.82) is 0 Å². The van der Waals surface area contributed by atoms with Gasteiger partial charge in [-0.25, -0.2) is 9.97 Å². The summed E-state index contributed by atoms with van der Waals surface area (Å²) in [4.78, 5) is 32.4. The fourth-order valence-electron chi connectivity index (χ4n) is 2.88. The Balaban J connectivity index is 1.44. The van der Waals surface area contributed by atoms with E-state index in [0.29, 0.717) is 40.8 Å². The Kier molecular flexibility index (Phi) is 8.78. The van der Waals surface area contributed by atoms with E-state index in [4.69, 9.17) is 5.73 Å². The molecule has 32 heavy (non-hydrogen) atoms. The van der Waals surface area contributed by atoms with Crippen LogP contribution in [0.5, 0.6) is 0 Å². The SMILES string of the molecule is Cc1nc(SCc2ccc(C(N)=O)cc2)ncc1C(=O)NCCNCc1ccccc1Br. The molecule has 0 unspecified atom stereocenters. The maximum Gasteiger partial charge on any atom is 0.254 e. The van der Waals surface area contributed by atoms with Crippen molar-refractivity contribution in [3.63, 3.8) is 0 Å². The molecule has 0 aliphatic heterocycles. The van der Waals surface area contributed by atoms with E-state index in [1.165, 1.54) is 17.3 Å². The first kappa shape index (κ1) is 23.9. The molecular formula is C23H24BrN5O2S. The highest BCUT2D eigenvalue weighted by Gasteiger charge is 2.12. The van der Waals surface area contributed by atoms with E-state index < -0.39 is 5.91 Å². The molecule has 3 aromatic rings. The summed E-state index contributed by atoms with van der Waals surface area (Å²) in [5.41, 5.74) is 9.02. The van der Waals surface area contributed by atoms with E-state index in [1.54, 1.807) is 25.3 Å². The van der Waals surface area contributed by atoms with E-state index in [0.717, 1.165) is 16.6 Å². The van der Waals surface area contributed by atoms with Crippen LogP contribution in [0, 0.1) is 6.92 Å². The third-order valence-electron chi connectivity index (χ3n) is 4.67. The number of hydrogen-bond donors (Lipinski definition) is 3. The number of nitrogens with two attached hydrogens (primary N) is 1. The first-order valence-electron chi connectivity index (χ1n) is 10.0. The smallest absolute Gasteiger partial charge is 0.254 e. The van der Waals surface area contributed by atoms with Crippen LogP contribution < -0.4 is 16.4 Å². The van der Waals surface area contributed by atoms with Crippen molar-refractivity contribution in [1.82, 2.24) is 20.6 Å². The van der Waals surface area contributed by atoms with Crippen LogP contribution >= 0.6 is 27.7 Å². The molecule has 0 fully saturated rings. The van der Waals surface area contributed by atoms with Crippen LogP contribution in [0.3, 0.4) is 0 Å². The van der Waals surface area contributed by atoms with E-state index in [2.05, 4.69) is 36.5 Å². The third-order valence-corrected chi connectivity index (χ3v) is 6.38. The van der Waals surface area contributed by atoms with Gasteiger partial charge in [-0.2, -0.15) is 0 Å². The molecule has 1 aromatic heterocycles. The summed E-state index contributed by atoms with van der Waals surface area (Å²) in [5.74, 6) is 0.00796. The van der Waals surface area contributed by atoms with Gasteiger partial charge in [0, 0.05) is 41.6 Å². The second kappa shape index (κ2) is 11.8. The number of aromatic nitrogens is 2. The second-order valence-corrected chi connectivity index (χ2v) is 8.82. The number of nitrogens with zero attached hydrogens (tertiary/aromatic N) is 2. The molecule has 7 nitrogen and oxygen atoms in total. The lowest BCUT2D eigenvalue weighted by Gasteiger charge is -2.10. The molecule has 0 bridgehead atoms. The lowest BCUT2D eigenvalue weighted by Crippen LogP contribution is -2.32. The molecule has 0 radical (unpaired) electrons. The highest BCUT2D eigenvalue weighted by Crippen LogP contribution is 2.20. The molecule has 2 amide bonds. The van der Waals surface area contributed by atoms with Gasteiger partial charge < -0.3 is 16.4 Å². The molecule has 0 aliphatic rings. The molecule has 2 aromatic carbocycles. The lowest BCUT2D eigenvalue weighted by atomic mass is 10.1. The predicted octanol–water partition coefficient (Wildman–Crippen LogP) is 3.46. The number of benzene rings is 2. The van der Waals surface area contributed by atoms with Crippen molar-refractivity contribution in [3.8, 4) is 0 Å². The number of hydrogen-bond acceptors (Lipinski definition) is 6. The van der Waals surface area contributed by atoms with Gasteiger partial charge in [0.1, 0.15) is 0 Å². The maximum absolute atomic E-state index is 12.5. The summed E-state index contributed by atoms with van der Waals surface area (Å²) in [6.07, 6.45) is 1.56. The molecule has 3 rings (SSSR count). The van der Waals surface area contributed by atoms with Gasteiger partial charge in [-0.15, -0.1) is 0 Å². The van der Waals surface area contributed by atoms with Crippen molar-refractivity contribution in [2.24, 2.45) is 5.73 Å². The van der Waals surface area contributed by atoms with Crippen LogP contribution in [-0.4, -0.2) is 34.9 Å². The van der Waals surface area contributed by atoms with Gasteiger partial charge in [-0.05, 0) is 36.2 Å². The molecule has 0 saturated carbocycles. The Bertz CT molecular complexity index is 1090. The van der Waals surface area contributed by atoms with Crippen LogP contribution in [0.4, 0.5) is 0 Å². The van der Waals surface area contributed by atoms with Crippen LogP contribution in [0.15, 0.2) is 64.4 Å². The van der Waals surface area contributed by atoms with Gasteiger partial charge in [0.2, 0.25) is 5.91 Å². The minimum atomic E-state index is -0.447. The largest absolute Gasteiger partial charge is 0.366 e. The fraction of sp³-hybridized carbons (Fsp3) is 0.217. The van der Waals surface area contributed by atoms with Gasteiger partial charge in [-0.1, -0.05) is 58.0 Å². The van der Waals surface area contributed by atoms with Gasteiger partial charge in [0.15, 0.2) is 5.16 Å². The van der Waals surface area contributed by atoms with Crippen LogP contribution in [-0.2, 0) is 12.3 Å². The Morgan fingerprint density at radius 1 is 1.09 bits per heavy atom. The van der Waals surface area contributed by atoms with E-state index in [-0.39, 0.29) is 5.91 Å². The standard InChI is InChI=1S/C23H24BrN5O2S/c1-15-19(22(31)27-11-10-26-12-18-4-2-3-5-20(18)24)13-28-23(29-15)32-14-16-6-8-17(9-7-16)21(25)30/h2-9,13,26H,10-12,14H2,1H3,(H2,25,30)(H,27,31). The number of aryl methyl sites for hydroxylation is 1. The highest BCUT2D eigenvalue weighted by atomic mass is 79.9. The summed E-state index contributed by atoms with van der Waals surface area (Å²) in [6.45, 7) is 3.67. The zero-order valence-electron chi connectivity index (χ0n) is 17.6. The average Bonchev–Trinajstić information content (AvgIpc) is 2.78. The fourth-order valence-corrected chi connectivity index (χ4v) is 4.12. The highest BCUT2D eigenvalue weighted by molar-refractivity contribution is 9.10. The van der Waals surface area contributed by atoms with Crippen molar-refractivity contribution < 1.29 is 9.59 Å². The predicted molar refractivity (Wildman–Crippen MR) is 129 cm³/mol. The first-order valence-corrected chi connectivity index (χ1v) is 11.8. The Morgan fingerprint density at radius 3 is 2.53 bits per heavy atom. The van der Waals surface area contributed by atoms with Crippen molar-refractivity contribution in [2.75, 3.05) is 13.1 Å². The van der Waals surface area contributed by atoms with Gasteiger partial charge in [0.05, 0.1) is 11.3 Å². The molecular weight excluding hydrogens is 490 g/mol. The topological polar surface area (TPSA) is 110 Å². The molecule has 1 heterocycles. The second-order valence-electron chi connectivity index (χ2n) is 7.03. The first-order chi connectivity index (χ1) is 15.4. The Morgan fingerprint density at radius 2 is 1.84 bits per heavy atom. The van der Waals surface area contributed by atoms with Gasteiger partial charge in [0.25, 0.3) is 5.91 Å². The molecule has 9 heteroatoms. The lowest BCUT2D eigenvalue weighted by molar-refractivity contribution is 0.0951. The number of carbonyl (C=O) groups excluding carboxylic acids is 2. The molecule has 0 atom stereocenters. The third kappa shape index (κ3) is 6.88. The van der Waals surface area contributed by atoms with E-state index in [9.17, 15) is 9.59 Å². The minimum absolute atomic E-state index is 0.191. The number of primary amides is 1. The van der Waals surface area contributed by atoms with E-state index >= 15 is 0 Å². The van der Waals surface area contributed by atoms with Gasteiger partial charge >= 0.3 is 0 Å². The Hall–Kier alpha value is -2.75. The zero-order chi connectivity index (χ0) is 22.9. The summed E-state index contributed by atoms with van der Waals surface area (Å²) in [6, 6.07) is 15.1. The summed E-state index contributed by atoms with van der Waals surface area (Å²) in [5, 5.41) is 6.80. The van der Waals surface area contributed by atoms with Crippen LogP contribution in [0.25, 0.3) is 0 Å². The molecule has 166 valence electrons. The minimum Gasteiger partial charge on any atom is -0.366 e. The van der Waals surface area contributed by atoms with Crippen LogP contribution in [0.1, 0.15) is 37.5 Å². The summed E-state index contributed by atoms with van der Waals surface area (Å²) < 4.78 is 1.06. The van der Waals surface area contributed by atoms with Crippen molar-refractivity contribution in [3.05, 3.63) is 87.1 Å². The van der Waals surface area contributed by atoms with Crippen LogP contribution in [0.2, 0.25) is 0 Å². The molecule has 4 N–H and O–H groups in total. The molecule has 0 spiro atoms. The van der Waals surface area contributed by atoms with E-state index in [1.807, 2.05) is 36.4 Å². The monoisotopic (exact) mass is 513 g/mol. The van der Waals surface area contributed by atoms with Crippen molar-refractivity contribution in [2.45, 2.75) is 24.4 Å². The number of amides is 2. The Labute approximate surface area is 199 Å². The molecule has 0 aliphatic carbocycles. The average molecular weight is 514 g/mol. The quantitative estimate of drug-likeness (QED) is 0.217. The molecule has 0 saturated heterocycles. The number of rotatable bonds is 10. The van der Waals surface area contributed by atoms with Gasteiger partial charge in [-0.3, -0.25) is 9.59 Å². The summed E-state index contributed by atoms with van der Waals surface area (Å²) >= 11 is 4.98. The maximum atomic E-state index is 12.5. The normalized spacial score (nSPS) is 10.7. The number of thioether (sulfide) groups is 1. The zero-order valence-corrected chi connectivity index (χ0v) is 20.0. The number of nitrogens with one attached hydrogen (secondary N) is 2. The number of carbonyl (C=O) groups is 2.